The molecule has 1 aliphatic heterocycles. The molecule has 1 aromatic rings. The van der Waals surface area contributed by atoms with Crippen molar-refractivity contribution in [2.75, 3.05) is 17.6 Å². The maximum absolute atomic E-state index is 11.9. The van der Waals surface area contributed by atoms with E-state index in [2.05, 4.69) is 10.6 Å². The summed E-state index contributed by atoms with van der Waals surface area (Å²) in [5.74, 6) is 0.498. The van der Waals surface area contributed by atoms with Crippen LogP contribution in [-0.2, 0) is 9.59 Å². The van der Waals surface area contributed by atoms with Gasteiger partial charge in [0.2, 0.25) is 11.8 Å². The highest BCUT2D eigenvalue weighted by atomic mass is 35.5. The molecule has 1 aliphatic rings. The average Bonchev–Trinajstić information content (AvgIpc) is 2.36. The van der Waals surface area contributed by atoms with Gasteiger partial charge in [0.1, 0.15) is 0 Å². The molecule has 0 unspecified atom stereocenters. The Hall–Kier alpha value is -0.910. The minimum absolute atomic E-state index is 0.0893. The van der Waals surface area contributed by atoms with E-state index in [1.54, 1.807) is 18.2 Å². The molecule has 1 heterocycles. The van der Waals surface area contributed by atoms with E-state index in [-0.39, 0.29) is 23.5 Å². The number of hydrogen-bond acceptors (Lipinski definition) is 3. The number of amides is 2. The number of nitrogens with one attached hydrogen (secondary N) is 2. The van der Waals surface area contributed by atoms with Gasteiger partial charge in [0, 0.05) is 23.7 Å². The normalized spacial score (nSPS) is 18.8. The average molecular weight is 319 g/mol. The molecule has 0 saturated carbocycles. The van der Waals surface area contributed by atoms with Gasteiger partial charge in [-0.25, -0.2) is 0 Å². The molecule has 0 radical (unpaired) electrons. The zero-order valence-electron chi connectivity index (χ0n) is 9.91. The second-order valence-corrected chi connectivity index (χ2v) is 6.18. The molecule has 102 valence electrons. The second-order valence-electron chi connectivity index (χ2n) is 4.03. The fourth-order valence-electron chi connectivity index (χ4n) is 1.68. The van der Waals surface area contributed by atoms with Crippen LogP contribution in [-0.4, -0.2) is 29.4 Å². The van der Waals surface area contributed by atoms with Crippen LogP contribution in [0, 0.1) is 0 Å². The lowest BCUT2D eigenvalue weighted by atomic mass is 10.2. The van der Waals surface area contributed by atoms with E-state index in [0.29, 0.717) is 22.3 Å². The Morgan fingerprint density at radius 3 is 2.95 bits per heavy atom. The molecule has 2 amide bonds. The summed E-state index contributed by atoms with van der Waals surface area (Å²) >= 11 is 13.2. The van der Waals surface area contributed by atoms with Gasteiger partial charge >= 0.3 is 0 Å². The highest BCUT2D eigenvalue weighted by Crippen LogP contribution is 2.26. The van der Waals surface area contributed by atoms with Crippen molar-refractivity contribution in [2.24, 2.45) is 0 Å². The van der Waals surface area contributed by atoms with Crippen LogP contribution in [0.5, 0.6) is 0 Å². The van der Waals surface area contributed by atoms with Crippen LogP contribution in [0.15, 0.2) is 18.2 Å². The van der Waals surface area contributed by atoms with Crippen LogP contribution in [0.4, 0.5) is 5.69 Å². The molecule has 2 rings (SSSR count). The maximum Gasteiger partial charge on any atom is 0.233 e. The van der Waals surface area contributed by atoms with E-state index in [1.165, 1.54) is 11.8 Å². The van der Waals surface area contributed by atoms with Crippen molar-refractivity contribution in [2.45, 2.75) is 11.7 Å². The smallest absolute Gasteiger partial charge is 0.233 e. The van der Waals surface area contributed by atoms with Gasteiger partial charge in [-0.05, 0) is 18.2 Å². The van der Waals surface area contributed by atoms with Crippen molar-refractivity contribution >= 4 is 52.5 Å². The number of carbonyl (C=O) groups is 2. The molecular weight excluding hydrogens is 307 g/mol. The Morgan fingerprint density at radius 1 is 1.47 bits per heavy atom. The summed E-state index contributed by atoms with van der Waals surface area (Å²) < 4.78 is 0. The van der Waals surface area contributed by atoms with Gasteiger partial charge in [0.15, 0.2) is 0 Å². The first kappa shape index (κ1) is 14.5. The third kappa shape index (κ3) is 4.03. The van der Waals surface area contributed by atoms with E-state index >= 15 is 0 Å². The lowest BCUT2D eigenvalue weighted by Crippen LogP contribution is -2.40. The van der Waals surface area contributed by atoms with Crippen molar-refractivity contribution in [3.05, 3.63) is 28.2 Å². The number of thioether (sulfide) groups is 1. The van der Waals surface area contributed by atoms with Crippen LogP contribution < -0.4 is 10.6 Å². The molecule has 7 heteroatoms. The third-order valence-electron chi connectivity index (χ3n) is 2.59. The van der Waals surface area contributed by atoms with Crippen LogP contribution in [0.25, 0.3) is 0 Å². The summed E-state index contributed by atoms with van der Waals surface area (Å²) in [6.07, 6.45) is 0.134. The predicted octanol–water partition coefficient (Wildman–Crippen LogP) is 2.55. The zero-order chi connectivity index (χ0) is 13.8. The van der Waals surface area contributed by atoms with Gasteiger partial charge in [0.05, 0.1) is 16.0 Å². The predicted molar refractivity (Wildman–Crippen MR) is 79.0 cm³/mol. The number of benzene rings is 1. The third-order valence-corrected chi connectivity index (χ3v) is 4.36. The molecular formula is C12H12Cl2N2O2S. The van der Waals surface area contributed by atoms with E-state index < -0.39 is 0 Å². The first-order chi connectivity index (χ1) is 9.06. The summed E-state index contributed by atoms with van der Waals surface area (Å²) in [5, 5.41) is 5.97. The Labute approximate surface area is 125 Å². The van der Waals surface area contributed by atoms with Crippen LogP contribution in [0.3, 0.4) is 0 Å². The summed E-state index contributed by atoms with van der Waals surface area (Å²) in [7, 11) is 0. The standard InChI is InChI=1S/C12H12Cl2N2O2S/c13-7-1-2-9(8(14)5-7)16-11(17)6-10-12(18)15-3-4-19-10/h1-2,5,10H,3-4,6H2,(H,15,18)(H,16,17)/t10-/m1/s1. The van der Waals surface area contributed by atoms with E-state index in [4.69, 9.17) is 23.2 Å². The van der Waals surface area contributed by atoms with Crippen molar-refractivity contribution in [1.29, 1.82) is 0 Å². The monoisotopic (exact) mass is 318 g/mol. The van der Waals surface area contributed by atoms with Gasteiger partial charge < -0.3 is 10.6 Å². The Bertz CT molecular complexity index is 511. The fourth-order valence-corrected chi connectivity index (χ4v) is 3.14. The van der Waals surface area contributed by atoms with Gasteiger partial charge in [0.25, 0.3) is 0 Å². The van der Waals surface area contributed by atoms with Crippen LogP contribution in [0.2, 0.25) is 10.0 Å². The Kier molecular flexibility index (Phi) is 4.96. The molecule has 4 nitrogen and oxygen atoms in total. The Balaban J connectivity index is 1.95. The number of hydrogen-bond donors (Lipinski definition) is 2. The van der Waals surface area contributed by atoms with Crippen molar-refractivity contribution < 1.29 is 9.59 Å². The second kappa shape index (κ2) is 6.50. The van der Waals surface area contributed by atoms with Gasteiger partial charge in [-0.15, -0.1) is 11.8 Å². The largest absolute Gasteiger partial charge is 0.354 e. The molecule has 0 aliphatic carbocycles. The molecule has 1 atom stereocenters. The summed E-state index contributed by atoms with van der Waals surface area (Å²) in [5.41, 5.74) is 0.497. The van der Waals surface area contributed by atoms with Gasteiger partial charge in [-0.3, -0.25) is 9.59 Å². The molecule has 1 aromatic carbocycles. The number of anilines is 1. The first-order valence-corrected chi connectivity index (χ1v) is 7.51. The van der Waals surface area contributed by atoms with Crippen LogP contribution in [0.1, 0.15) is 6.42 Å². The van der Waals surface area contributed by atoms with Crippen molar-refractivity contribution in [3.8, 4) is 0 Å². The van der Waals surface area contributed by atoms with E-state index in [9.17, 15) is 9.59 Å². The quantitative estimate of drug-likeness (QED) is 0.900. The zero-order valence-corrected chi connectivity index (χ0v) is 12.2. The topological polar surface area (TPSA) is 58.2 Å². The molecule has 2 N–H and O–H groups in total. The molecule has 0 aromatic heterocycles. The molecule has 19 heavy (non-hydrogen) atoms. The minimum Gasteiger partial charge on any atom is -0.354 e. The van der Waals surface area contributed by atoms with E-state index in [1.807, 2.05) is 0 Å². The maximum atomic E-state index is 11.9. The lowest BCUT2D eigenvalue weighted by molar-refractivity contribution is -0.123. The molecule has 0 bridgehead atoms. The Morgan fingerprint density at radius 2 is 2.26 bits per heavy atom. The molecule has 0 spiro atoms. The summed E-state index contributed by atoms with van der Waals surface area (Å²) in [6, 6.07) is 4.84. The summed E-state index contributed by atoms with van der Waals surface area (Å²) in [6.45, 7) is 0.657. The number of halogens is 2. The van der Waals surface area contributed by atoms with Crippen LogP contribution >= 0.6 is 35.0 Å². The highest BCUT2D eigenvalue weighted by Gasteiger charge is 2.25. The van der Waals surface area contributed by atoms with E-state index in [0.717, 1.165) is 5.75 Å². The first-order valence-electron chi connectivity index (χ1n) is 5.70. The van der Waals surface area contributed by atoms with Crippen molar-refractivity contribution in [1.82, 2.24) is 5.32 Å². The SMILES string of the molecule is O=C(C[C@H]1SCCNC1=O)Nc1ccc(Cl)cc1Cl. The molecule has 1 fully saturated rings. The highest BCUT2D eigenvalue weighted by molar-refractivity contribution is 8.00. The van der Waals surface area contributed by atoms with Crippen molar-refractivity contribution in [3.63, 3.8) is 0 Å². The summed E-state index contributed by atoms with van der Waals surface area (Å²) in [4.78, 5) is 23.4. The van der Waals surface area contributed by atoms with Gasteiger partial charge in [-0.1, -0.05) is 23.2 Å². The number of carbonyl (C=O) groups excluding carboxylic acids is 2. The minimum atomic E-state index is -0.333. The van der Waals surface area contributed by atoms with Gasteiger partial charge in [-0.2, -0.15) is 0 Å². The molecule has 1 saturated heterocycles. The lowest BCUT2D eigenvalue weighted by Gasteiger charge is -2.20. The fraction of sp³-hybridized carbons (Fsp3) is 0.333. The number of rotatable bonds is 3.